The second-order valence-electron chi connectivity index (χ2n) is 7.09. The summed E-state index contributed by atoms with van der Waals surface area (Å²) < 4.78 is 16.9. The van der Waals surface area contributed by atoms with Gasteiger partial charge < -0.3 is 13.9 Å². The number of terminal acetylenes is 2. The molecule has 1 aromatic heterocycles. The van der Waals surface area contributed by atoms with Crippen LogP contribution in [-0.4, -0.2) is 13.2 Å². The van der Waals surface area contributed by atoms with Gasteiger partial charge in [-0.1, -0.05) is 54.3 Å². The maximum absolute atomic E-state index is 12.9. The van der Waals surface area contributed by atoms with Crippen LogP contribution < -0.4 is 15.1 Å². The van der Waals surface area contributed by atoms with Crippen LogP contribution in [0.15, 0.2) is 63.8 Å². The van der Waals surface area contributed by atoms with Gasteiger partial charge >= 0.3 is 5.63 Å². The molecule has 0 aliphatic carbocycles. The molecule has 0 fully saturated rings. The first kappa shape index (κ1) is 20.1. The molecular formula is C27H20O4. The molecule has 0 unspecified atom stereocenters. The van der Waals surface area contributed by atoms with E-state index >= 15 is 0 Å². The molecule has 0 spiro atoms. The van der Waals surface area contributed by atoms with E-state index in [1.54, 1.807) is 12.1 Å². The van der Waals surface area contributed by atoms with E-state index in [-0.39, 0.29) is 13.2 Å². The average Bonchev–Trinajstić information content (AvgIpc) is 2.78. The minimum Gasteiger partial charge on any atom is -0.481 e. The van der Waals surface area contributed by atoms with Crippen LogP contribution >= 0.6 is 0 Å². The van der Waals surface area contributed by atoms with Gasteiger partial charge in [0.15, 0.2) is 0 Å². The maximum Gasteiger partial charge on any atom is 0.340 e. The van der Waals surface area contributed by atoms with E-state index < -0.39 is 5.63 Å². The van der Waals surface area contributed by atoms with Gasteiger partial charge in [0.05, 0.1) is 5.39 Å². The summed E-state index contributed by atoms with van der Waals surface area (Å²) in [7, 11) is 0. The van der Waals surface area contributed by atoms with Crippen molar-refractivity contribution in [2.75, 3.05) is 13.2 Å². The summed E-state index contributed by atoms with van der Waals surface area (Å²) in [6.07, 6.45) is 11.1. The molecule has 0 N–H and O–H groups in total. The second kappa shape index (κ2) is 8.69. The van der Waals surface area contributed by atoms with Crippen LogP contribution in [0.2, 0.25) is 0 Å². The Morgan fingerprint density at radius 3 is 2.52 bits per heavy atom. The Balaban J connectivity index is 1.88. The Morgan fingerprint density at radius 1 is 0.968 bits per heavy atom. The summed E-state index contributed by atoms with van der Waals surface area (Å²) in [5.41, 5.74) is 2.38. The molecule has 0 saturated heterocycles. The monoisotopic (exact) mass is 408 g/mol. The van der Waals surface area contributed by atoms with Crippen LogP contribution in [0.3, 0.4) is 0 Å². The topological polar surface area (TPSA) is 48.7 Å². The Labute approximate surface area is 180 Å². The smallest absolute Gasteiger partial charge is 0.340 e. The lowest BCUT2D eigenvalue weighted by Gasteiger charge is -2.14. The van der Waals surface area contributed by atoms with Gasteiger partial charge in [0.1, 0.15) is 30.3 Å². The van der Waals surface area contributed by atoms with Crippen LogP contribution in [0, 0.1) is 31.6 Å². The Kier molecular flexibility index (Phi) is 5.65. The van der Waals surface area contributed by atoms with Crippen molar-refractivity contribution in [3.8, 4) is 36.2 Å². The molecule has 1 heterocycles. The minimum atomic E-state index is -0.394. The van der Waals surface area contributed by atoms with E-state index in [1.165, 1.54) is 0 Å². The van der Waals surface area contributed by atoms with Crippen LogP contribution in [-0.2, 0) is 6.42 Å². The van der Waals surface area contributed by atoms with Crippen molar-refractivity contribution < 1.29 is 13.9 Å². The first-order chi connectivity index (χ1) is 15.1. The third kappa shape index (κ3) is 3.97. The maximum atomic E-state index is 12.9. The number of hydrogen-bond acceptors (Lipinski definition) is 4. The minimum absolute atomic E-state index is 0.0743. The quantitative estimate of drug-likeness (QED) is 0.337. The third-order valence-electron chi connectivity index (χ3n) is 5.20. The Bertz CT molecular complexity index is 1410. The van der Waals surface area contributed by atoms with Gasteiger partial charge in [-0.25, -0.2) is 4.79 Å². The molecule has 4 nitrogen and oxygen atoms in total. The van der Waals surface area contributed by atoms with E-state index in [9.17, 15) is 4.79 Å². The third-order valence-corrected chi connectivity index (χ3v) is 5.20. The molecule has 0 amide bonds. The van der Waals surface area contributed by atoms with Crippen molar-refractivity contribution in [3.63, 3.8) is 0 Å². The highest BCUT2D eigenvalue weighted by Gasteiger charge is 2.18. The number of hydrogen-bond donors (Lipinski definition) is 0. The number of fused-ring (bicyclic) bond motifs is 2. The van der Waals surface area contributed by atoms with E-state index in [2.05, 4.69) is 30.0 Å². The Hall–Kier alpha value is -4.15. The fraction of sp³-hybridized carbons (Fsp3) is 0.148. The van der Waals surface area contributed by atoms with Crippen molar-refractivity contribution >= 4 is 21.7 Å². The van der Waals surface area contributed by atoms with Gasteiger partial charge in [0.2, 0.25) is 0 Å². The average molecular weight is 408 g/mol. The molecule has 0 atom stereocenters. The zero-order valence-corrected chi connectivity index (χ0v) is 17.1. The molecule has 0 aliphatic heterocycles. The number of rotatable bonds is 6. The molecule has 0 bridgehead atoms. The zero-order valence-electron chi connectivity index (χ0n) is 17.1. The normalized spacial score (nSPS) is 10.5. The molecule has 152 valence electrons. The molecule has 0 radical (unpaired) electrons. The molecule has 4 rings (SSSR count). The number of benzene rings is 3. The fourth-order valence-electron chi connectivity index (χ4n) is 3.76. The standard InChI is InChI=1S/C27H20O4/c1-4-13-29-21-16-24(30-14-5-2)26-18(3)23(27(28)31-25(26)17-21)15-20-11-8-10-19-9-6-7-12-22(19)20/h1-2,6-12,16-17H,13-15H2,3H3. The van der Waals surface area contributed by atoms with Crippen LogP contribution in [0.4, 0.5) is 0 Å². The highest BCUT2D eigenvalue weighted by molar-refractivity contribution is 5.90. The van der Waals surface area contributed by atoms with E-state index in [0.29, 0.717) is 34.5 Å². The van der Waals surface area contributed by atoms with Gasteiger partial charge in [-0.3, -0.25) is 0 Å². The van der Waals surface area contributed by atoms with Gasteiger partial charge in [-0.2, -0.15) is 0 Å². The summed E-state index contributed by atoms with van der Waals surface area (Å²) in [6.45, 7) is 2.05. The van der Waals surface area contributed by atoms with Gasteiger partial charge in [-0.05, 0) is 28.8 Å². The first-order valence-electron chi connectivity index (χ1n) is 9.82. The SMILES string of the molecule is C#CCOc1cc(OCC#C)c2c(C)c(Cc3cccc4ccccc34)c(=O)oc2c1. The summed E-state index contributed by atoms with van der Waals surface area (Å²) in [5, 5.41) is 2.92. The van der Waals surface area contributed by atoms with Crippen molar-refractivity contribution in [2.45, 2.75) is 13.3 Å². The predicted octanol–water partition coefficient (Wildman–Crippen LogP) is 4.87. The molecule has 31 heavy (non-hydrogen) atoms. The number of aryl methyl sites for hydroxylation is 1. The van der Waals surface area contributed by atoms with Crippen LogP contribution in [0.1, 0.15) is 16.7 Å². The molecule has 0 aliphatic rings. The lowest BCUT2D eigenvalue weighted by atomic mass is 9.95. The molecule has 3 aromatic carbocycles. The zero-order chi connectivity index (χ0) is 21.8. The number of ether oxygens (including phenoxy) is 2. The van der Waals surface area contributed by atoms with Gasteiger partial charge in [-0.15, -0.1) is 12.8 Å². The highest BCUT2D eigenvalue weighted by Crippen LogP contribution is 2.35. The van der Waals surface area contributed by atoms with Crippen molar-refractivity contribution in [3.05, 3.63) is 81.7 Å². The predicted molar refractivity (Wildman–Crippen MR) is 123 cm³/mol. The summed E-state index contributed by atoms with van der Waals surface area (Å²) >= 11 is 0. The Morgan fingerprint density at radius 2 is 1.71 bits per heavy atom. The molecule has 0 saturated carbocycles. The van der Waals surface area contributed by atoms with Crippen molar-refractivity contribution in [1.29, 1.82) is 0 Å². The van der Waals surface area contributed by atoms with Crippen LogP contribution in [0.25, 0.3) is 21.7 Å². The van der Waals surface area contributed by atoms with Gasteiger partial charge in [0.25, 0.3) is 0 Å². The van der Waals surface area contributed by atoms with Crippen molar-refractivity contribution in [1.82, 2.24) is 0 Å². The van der Waals surface area contributed by atoms with Crippen molar-refractivity contribution in [2.24, 2.45) is 0 Å². The summed E-state index contributed by atoms with van der Waals surface area (Å²) in [6, 6.07) is 17.5. The molecule has 4 aromatic rings. The molecular weight excluding hydrogens is 388 g/mol. The first-order valence-corrected chi connectivity index (χ1v) is 9.82. The van der Waals surface area contributed by atoms with E-state index in [0.717, 1.165) is 21.9 Å². The summed E-state index contributed by atoms with van der Waals surface area (Å²) in [5.74, 6) is 5.81. The highest BCUT2D eigenvalue weighted by atomic mass is 16.5. The largest absolute Gasteiger partial charge is 0.481 e. The van der Waals surface area contributed by atoms with Gasteiger partial charge in [0, 0.05) is 24.1 Å². The van der Waals surface area contributed by atoms with E-state index in [4.69, 9.17) is 26.7 Å². The molecule has 4 heteroatoms. The fourth-order valence-corrected chi connectivity index (χ4v) is 3.76. The lowest BCUT2D eigenvalue weighted by molar-refractivity contribution is 0.353. The van der Waals surface area contributed by atoms with E-state index in [1.807, 2.05) is 31.2 Å². The van der Waals surface area contributed by atoms with Crippen LogP contribution in [0.5, 0.6) is 11.5 Å². The summed E-state index contributed by atoms with van der Waals surface area (Å²) in [4.78, 5) is 12.9. The lowest BCUT2D eigenvalue weighted by Crippen LogP contribution is -2.12. The second-order valence-corrected chi connectivity index (χ2v) is 7.09.